The van der Waals surface area contributed by atoms with Crippen LogP contribution in [-0.2, 0) is 24.1 Å². The predicted molar refractivity (Wildman–Crippen MR) is 103 cm³/mol. The maximum absolute atomic E-state index is 13.6. The Balaban J connectivity index is 3.14. The molecule has 2 atom stereocenters. The molecule has 28 heavy (non-hydrogen) atoms. The van der Waals surface area contributed by atoms with E-state index in [1.54, 1.807) is 0 Å². The molecule has 0 aliphatic heterocycles. The van der Waals surface area contributed by atoms with E-state index in [1.807, 2.05) is 13.8 Å². The lowest BCUT2D eigenvalue weighted by Crippen LogP contribution is -2.44. The van der Waals surface area contributed by atoms with Crippen molar-refractivity contribution in [1.82, 2.24) is 5.32 Å². The quantitative estimate of drug-likeness (QED) is 0.451. The highest BCUT2D eigenvalue weighted by atomic mass is 35.5. The number of hydrogen-bond acceptors (Lipinski definition) is 6. The first-order chi connectivity index (χ1) is 13.0. The van der Waals surface area contributed by atoms with E-state index < -0.39 is 45.6 Å². The van der Waals surface area contributed by atoms with Crippen molar-refractivity contribution in [3.05, 3.63) is 29.8 Å². The van der Waals surface area contributed by atoms with Crippen LogP contribution in [0.1, 0.15) is 25.5 Å². The standard InChI is InChI=1S/C17H22Cl2FNO6S/c1-10(2)9-26-17(23)27-14(13(8-20)21-16(22)15(18)19)11-4-6-12(7-5-11)28(3,24)25/h4-7,10,13-15H,8-9H2,1-3H3,(H,21,22)/t13-,14-/m1/s1. The van der Waals surface area contributed by atoms with Crippen LogP contribution in [0.4, 0.5) is 9.18 Å². The number of hydrogen-bond donors (Lipinski definition) is 1. The number of rotatable bonds is 9. The third-order valence-corrected chi connectivity index (χ3v) is 4.98. The van der Waals surface area contributed by atoms with Crippen LogP contribution in [0.25, 0.3) is 0 Å². The minimum atomic E-state index is -3.45. The average molecular weight is 458 g/mol. The van der Waals surface area contributed by atoms with Gasteiger partial charge in [-0.3, -0.25) is 4.79 Å². The summed E-state index contributed by atoms with van der Waals surface area (Å²) < 4.78 is 47.0. The van der Waals surface area contributed by atoms with E-state index in [0.29, 0.717) is 0 Å². The lowest BCUT2D eigenvalue weighted by Gasteiger charge is -2.26. The molecule has 0 bridgehead atoms. The molecular weight excluding hydrogens is 436 g/mol. The Hall–Kier alpha value is -1.58. The number of halogens is 3. The van der Waals surface area contributed by atoms with E-state index in [9.17, 15) is 22.4 Å². The molecule has 0 aromatic heterocycles. The molecule has 1 N–H and O–H groups in total. The third-order valence-electron chi connectivity index (χ3n) is 3.45. The van der Waals surface area contributed by atoms with Gasteiger partial charge in [-0.1, -0.05) is 49.2 Å². The van der Waals surface area contributed by atoms with Crippen LogP contribution >= 0.6 is 23.2 Å². The zero-order valence-electron chi connectivity index (χ0n) is 15.5. The van der Waals surface area contributed by atoms with Gasteiger partial charge in [0.1, 0.15) is 6.67 Å². The number of sulfone groups is 1. The fourth-order valence-corrected chi connectivity index (χ4v) is 2.86. The van der Waals surface area contributed by atoms with Gasteiger partial charge < -0.3 is 14.8 Å². The first kappa shape index (κ1) is 24.5. The lowest BCUT2D eigenvalue weighted by molar-refractivity contribution is -0.121. The highest BCUT2D eigenvalue weighted by molar-refractivity contribution is 7.90. The molecule has 7 nitrogen and oxygen atoms in total. The van der Waals surface area contributed by atoms with Crippen LogP contribution in [0.2, 0.25) is 0 Å². The summed E-state index contributed by atoms with van der Waals surface area (Å²) in [6, 6.07) is 3.95. The molecule has 0 fully saturated rings. The summed E-state index contributed by atoms with van der Waals surface area (Å²) in [5, 5.41) is 2.25. The number of carbonyl (C=O) groups is 2. The van der Waals surface area contributed by atoms with E-state index in [0.717, 1.165) is 6.26 Å². The molecule has 1 amide bonds. The molecule has 0 saturated carbocycles. The van der Waals surface area contributed by atoms with Crippen molar-refractivity contribution in [2.75, 3.05) is 19.5 Å². The normalized spacial score (nSPS) is 13.9. The SMILES string of the molecule is CC(C)COC(=O)O[C@H](c1ccc(S(C)(=O)=O)cc1)[C@@H](CF)NC(=O)C(Cl)Cl. The van der Waals surface area contributed by atoms with E-state index in [2.05, 4.69) is 5.32 Å². The third kappa shape index (κ3) is 7.81. The van der Waals surface area contributed by atoms with Crippen LogP contribution < -0.4 is 5.32 Å². The Morgan fingerprint density at radius 1 is 1.18 bits per heavy atom. The summed E-state index contributed by atoms with van der Waals surface area (Å²) in [6.07, 6.45) is -1.33. The van der Waals surface area contributed by atoms with Gasteiger partial charge in [0.15, 0.2) is 20.8 Å². The van der Waals surface area contributed by atoms with Crippen molar-refractivity contribution >= 4 is 45.1 Å². The Bertz CT molecular complexity index is 770. The highest BCUT2D eigenvalue weighted by Gasteiger charge is 2.31. The molecule has 0 unspecified atom stereocenters. The van der Waals surface area contributed by atoms with Gasteiger partial charge in [0.05, 0.1) is 17.5 Å². The Kier molecular flexibility index (Phi) is 9.46. The van der Waals surface area contributed by atoms with Gasteiger partial charge in [-0.05, 0) is 23.6 Å². The number of benzene rings is 1. The second kappa shape index (κ2) is 10.8. The summed E-state index contributed by atoms with van der Waals surface area (Å²) in [5.41, 5.74) is 0.248. The number of amides is 1. The Morgan fingerprint density at radius 3 is 2.18 bits per heavy atom. The lowest BCUT2D eigenvalue weighted by atomic mass is 10.0. The van der Waals surface area contributed by atoms with Gasteiger partial charge in [0, 0.05) is 6.26 Å². The molecule has 0 spiro atoms. The maximum atomic E-state index is 13.6. The summed E-state index contributed by atoms with van der Waals surface area (Å²) >= 11 is 10.9. The molecular formula is C17H22Cl2FNO6S. The average Bonchev–Trinajstić information content (AvgIpc) is 2.61. The molecule has 1 rings (SSSR count). The first-order valence-electron chi connectivity index (χ1n) is 8.23. The van der Waals surface area contributed by atoms with E-state index >= 15 is 0 Å². The van der Waals surface area contributed by atoms with Crippen LogP contribution in [0.15, 0.2) is 29.2 Å². The number of carbonyl (C=O) groups excluding carboxylic acids is 2. The fraction of sp³-hybridized carbons (Fsp3) is 0.529. The van der Waals surface area contributed by atoms with Crippen molar-refractivity contribution in [3.8, 4) is 0 Å². The zero-order valence-corrected chi connectivity index (χ0v) is 17.9. The summed E-state index contributed by atoms with van der Waals surface area (Å²) in [7, 11) is -3.45. The van der Waals surface area contributed by atoms with Crippen molar-refractivity contribution in [2.24, 2.45) is 5.92 Å². The minimum Gasteiger partial charge on any atom is -0.434 e. The number of alkyl halides is 3. The van der Waals surface area contributed by atoms with Crippen molar-refractivity contribution in [2.45, 2.75) is 35.7 Å². The van der Waals surface area contributed by atoms with Gasteiger partial charge in [-0.2, -0.15) is 0 Å². The second-order valence-corrected chi connectivity index (χ2v) is 9.52. The van der Waals surface area contributed by atoms with Gasteiger partial charge in [-0.15, -0.1) is 0 Å². The minimum absolute atomic E-state index is 0.0276. The van der Waals surface area contributed by atoms with Crippen molar-refractivity contribution in [1.29, 1.82) is 0 Å². The van der Waals surface area contributed by atoms with Crippen LogP contribution in [-0.4, -0.2) is 50.9 Å². The first-order valence-corrected chi connectivity index (χ1v) is 11.0. The Labute approximate surface area is 173 Å². The molecule has 0 aliphatic carbocycles. The highest BCUT2D eigenvalue weighted by Crippen LogP contribution is 2.25. The molecule has 1 aromatic carbocycles. The molecule has 11 heteroatoms. The maximum Gasteiger partial charge on any atom is 0.508 e. The smallest absolute Gasteiger partial charge is 0.434 e. The summed E-state index contributed by atoms with van der Waals surface area (Å²) in [5.74, 6) is -0.826. The van der Waals surface area contributed by atoms with Gasteiger partial charge in [-0.25, -0.2) is 17.6 Å². The van der Waals surface area contributed by atoms with Crippen LogP contribution in [0, 0.1) is 5.92 Å². The zero-order chi connectivity index (χ0) is 21.5. The molecule has 1 aromatic rings. The number of ether oxygens (including phenoxy) is 2. The molecule has 0 aliphatic rings. The summed E-state index contributed by atoms with van der Waals surface area (Å²) in [4.78, 5) is 22.3. The predicted octanol–water partition coefficient (Wildman–Crippen LogP) is 3.20. The molecule has 0 saturated heterocycles. The fourth-order valence-electron chi connectivity index (χ4n) is 2.10. The van der Waals surface area contributed by atoms with Crippen molar-refractivity contribution < 1.29 is 31.9 Å². The summed E-state index contributed by atoms with van der Waals surface area (Å²) in [6.45, 7) is 2.61. The van der Waals surface area contributed by atoms with Crippen LogP contribution in [0.3, 0.4) is 0 Å². The van der Waals surface area contributed by atoms with Crippen LogP contribution in [0.5, 0.6) is 0 Å². The van der Waals surface area contributed by atoms with Gasteiger partial charge in [0.2, 0.25) is 0 Å². The molecule has 0 radical (unpaired) electrons. The molecule has 0 heterocycles. The van der Waals surface area contributed by atoms with Gasteiger partial charge >= 0.3 is 6.16 Å². The topological polar surface area (TPSA) is 98.8 Å². The second-order valence-electron chi connectivity index (χ2n) is 6.40. The van der Waals surface area contributed by atoms with E-state index in [1.165, 1.54) is 24.3 Å². The van der Waals surface area contributed by atoms with Crippen molar-refractivity contribution in [3.63, 3.8) is 0 Å². The molecule has 158 valence electrons. The van der Waals surface area contributed by atoms with Gasteiger partial charge in [0.25, 0.3) is 5.91 Å². The van der Waals surface area contributed by atoms with E-state index in [-0.39, 0.29) is 23.0 Å². The largest absolute Gasteiger partial charge is 0.508 e. The number of nitrogens with one attached hydrogen (secondary N) is 1. The van der Waals surface area contributed by atoms with E-state index in [4.69, 9.17) is 32.7 Å². The monoisotopic (exact) mass is 457 g/mol. The Morgan fingerprint density at radius 2 is 1.75 bits per heavy atom.